The van der Waals surface area contributed by atoms with Crippen LogP contribution in [0.4, 0.5) is 11.4 Å². The molecule has 172 valence electrons. The normalized spacial score (nSPS) is 12.9. The van der Waals surface area contributed by atoms with Gasteiger partial charge in [0.05, 0.1) is 0 Å². The van der Waals surface area contributed by atoms with E-state index in [2.05, 4.69) is 92.3 Å². The molecule has 2 nitrogen and oxygen atoms in total. The second-order valence-corrected chi connectivity index (χ2v) is 13.0. The van der Waals surface area contributed by atoms with Crippen LogP contribution in [0.25, 0.3) is 0 Å². The molecule has 1 aliphatic heterocycles. The van der Waals surface area contributed by atoms with Gasteiger partial charge < -0.3 is 17.2 Å². The smallest absolute Gasteiger partial charge is 0.0146 e. The number of rotatable bonds is 2. The summed E-state index contributed by atoms with van der Waals surface area (Å²) in [5.74, 6) is 0. The largest absolute Gasteiger partial charge is 0.502 e. The van der Waals surface area contributed by atoms with E-state index in [-0.39, 0.29) is 7.43 Å². The maximum Gasteiger partial charge on any atom is 0.0146 e. The third kappa shape index (κ3) is 7.64. The van der Waals surface area contributed by atoms with Crippen molar-refractivity contribution in [3.8, 4) is 0 Å². The molecule has 0 aromatic heterocycles. The van der Waals surface area contributed by atoms with Crippen LogP contribution >= 0.6 is 19.4 Å². The van der Waals surface area contributed by atoms with Crippen LogP contribution in [0.2, 0.25) is 0 Å². The van der Waals surface area contributed by atoms with Gasteiger partial charge in [-0.2, -0.15) is 6.67 Å². The van der Waals surface area contributed by atoms with Crippen molar-refractivity contribution in [2.24, 2.45) is 0 Å². The second kappa shape index (κ2) is 12.6. The van der Waals surface area contributed by atoms with Gasteiger partial charge in [0, 0.05) is 24.5 Å². The zero-order valence-corrected chi connectivity index (χ0v) is 23.1. The number of hydrogen-bond acceptors (Lipinski definition) is 2. The van der Waals surface area contributed by atoms with Crippen LogP contribution in [-0.4, -0.2) is 17.4 Å². The molecule has 0 bridgehead atoms. The molecule has 0 spiro atoms. The first-order chi connectivity index (χ1) is 14.1. The number of allylic oxidation sites excluding steroid dienone is 1. The Balaban J connectivity index is 0.000000523. The molecule has 3 rings (SSSR count). The van der Waals surface area contributed by atoms with Crippen molar-refractivity contribution in [3.05, 3.63) is 83.5 Å². The Labute approximate surface area is 202 Å². The maximum absolute atomic E-state index is 5.37. The minimum absolute atomic E-state index is 0. The minimum atomic E-state index is -1.67. The van der Waals surface area contributed by atoms with E-state index in [0.29, 0.717) is 0 Å². The second-order valence-electron chi connectivity index (χ2n) is 7.70. The molecule has 0 saturated carbocycles. The summed E-state index contributed by atoms with van der Waals surface area (Å²) < 4.78 is 2.66. The van der Waals surface area contributed by atoms with E-state index in [1.807, 2.05) is 6.92 Å². The summed E-state index contributed by atoms with van der Waals surface area (Å²) in [5, 5.41) is 0. The quantitative estimate of drug-likeness (QED) is 0.219. The molecule has 1 aliphatic rings. The fraction of sp³-hybridized carbons (Fsp3) is 0.346. The van der Waals surface area contributed by atoms with E-state index in [9.17, 15) is 0 Å². The number of hydrogen-bond donors (Lipinski definition) is 0. The van der Waals surface area contributed by atoms with Gasteiger partial charge in [-0.25, -0.2) is 0 Å². The third-order valence-corrected chi connectivity index (χ3v) is 6.34. The summed E-state index contributed by atoms with van der Waals surface area (Å²) >= 11 is -1.67. The van der Waals surface area contributed by atoms with E-state index in [4.69, 9.17) is 19.4 Å². The first kappa shape index (κ1) is 27.7. The molecule has 1 heterocycles. The molecular formula is C26H34Cl2N2Ru-2. The Morgan fingerprint density at radius 3 is 1.42 bits per heavy atom. The summed E-state index contributed by atoms with van der Waals surface area (Å²) in [7, 11) is 10.7. The van der Waals surface area contributed by atoms with Gasteiger partial charge in [0.2, 0.25) is 0 Å². The van der Waals surface area contributed by atoms with Crippen molar-refractivity contribution < 1.29 is 13.5 Å². The van der Waals surface area contributed by atoms with Crippen molar-refractivity contribution in [2.75, 3.05) is 22.9 Å². The number of nitrogens with zero attached hydrogens (tertiary/aromatic N) is 2. The minimum Gasteiger partial charge on any atom is -0.502 e. The molecule has 2 aromatic carbocycles. The predicted octanol–water partition coefficient (Wildman–Crippen LogP) is 7.48. The average molecular weight is 547 g/mol. The van der Waals surface area contributed by atoms with Crippen LogP contribution in [-0.2, 0) is 13.5 Å². The fourth-order valence-electron chi connectivity index (χ4n) is 4.18. The van der Waals surface area contributed by atoms with Gasteiger partial charge >= 0.3 is 55.9 Å². The number of halogens is 2. The van der Waals surface area contributed by atoms with Gasteiger partial charge in [-0.1, -0.05) is 35.4 Å². The molecule has 0 amide bonds. The monoisotopic (exact) mass is 546 g/mol. The number of anilines is 2. The molecule has 0 N–H and O–H groups in total. The van der Waals surface area contributed by atoms with Gasteiger partial charge in [-0.3, -0.25) is 0 Å². The van der Waals surface area contributed by atoms with E-state index < -0.39 is 13.5 Å². The van der Waals surface area contributed by atoms with Gasteiger partial charge in [0.15, 0.2) is 0 Å². The Morgan fingerprint density at radius 2 is 1.16 bits per heavy atom. The Hall–Kier alpha value is -1.33. The van der Waals surface area contributed by atoms with Gasteiger partial charge in [0.25, 0.3) is 0 Å². The van der Waals surface area contributed by atoms with Gasteiger partial charge in [0.1, 0.15) is 0 Å². The van der Waals surface area contributed by atoms with E-state index >= 15 is 0 Å². The summed E-state index contributed by atoms with van der Waals surface area (Å²) in [6.45, 7) is 19.4. The summed E-state index contributed by atoms with van der Waals surface area (Å²) in [4.78, 5) is 4.81. The molecule has 1 saturated heterocycles. The van der Waals surface area contributed by atoms with Crippen LogP contribution in [0.1, 0.15) is 40.3 Å². The SMILES string of the molecule is CC=C=[C]=[Ru]([Cl])[Cl].Cc1cc(C)c(N2[CH-]N(c3c(C)cc(C)cc3C)CC2)c(C)c1.[CH3-]. The first-order valence-electron chi connectivity index (χ1n) is 9.97. The molecule has 31 heavy (non-hydrogen) atoms. The topological polar surface area (TPSA) is 6.48 Å². The summed E-state index contributed by atoms with van der Waals surface area (Å²) in [6.07, 6.45) is 1.73. The Bertz CT molecular complexity index is 903. The predicted molar refractivity (Wildman–Crippen MR) is 137 cm³/mol. The van der Waals surface area contributed by atoms with Crippen molar-refractivity contribution >= 4 is 35.0 Å². The Morgan fingerprint density at radius 1 is 0.806 bits per heavy atom. The molecule has 5 heteroatoms. The van der Waals surface area contributed by atoms with Crippen LogP contribution in [0.15, 0.2) is 36.1 Å². The van der Waals surface area contributed by atoms with E-state index in [0.717, 1.165) is 13.1 Å². The zero-order valence-electron chi connectivity index (χ0n) is 19.9. The molecule has 0 atom stereocenters. The standard InChI is InChI=1S/C21H27N2.C4H4.CH3.2ClH.Ru/c1-14-9-16(3)20(17(4)10-14)22-7-8-23(13-22)21-18(5)11-15(2)12-19(21)6;1-3-4-2;;;;/h9-13H,7-8H2,1-6H3;3H,1H3;1H3;2*1H;/q-1;;-1;;;+2/p-2. The van der Waals surface area contributed by atoms with Crippen molar-refractivity contribution in [3.63, 3.8) is 0 Å². The average Bonchev–Trinajstić information content (AvgIpc) is 3.07. The van der Waals surface area contributed by atoms with Crippen LogP contribution < -0.4 is 9.80 Å². The van der Waals surface area contributed by atoms with Crippen molar-refractivity contribution in [2.45, 2.75) is 48.5 Å². The van der Waals surface area contributed by atoms with Gasteiger partial charge in [-0.15, -0.1) is 0 Å². The first-order valence-corrected chi connectivity index (χ1v) is 15.3. The summed E-state index contributed by atoms with van der Waals surface area (Å²) in [6, 6.07) is 9.12. The molecule has 0 radical (unpaired) electrons. The maximum atomic E-state index is 5.37. The van der Waals surface area contributed by atoms with Gasteiger partial charge in [-0.05, 0) is 63.8 Å². The molecule has 0 aliphatic carbocycles. The van der Waals surface area contributed by atoms with E-state index in [1.165, 1.54) is 44.8 Å². The fourth-order valence-corrected chi connectivity index (χ4v) is 5.08. The summed E-state index contributed by atoms with van der Waals surface area (Å²) in [5.41, 5.74) is 13.5. The van der Waals surface area contributed by atoms with E-state index in [1.54, 1.807) is 6.08 Å². The number of benzene rings is 2. The number of aryl methyl sites for hydroxylation is 6. The van der Waals surface area contributed by atoms with Crippen LogP contribution in [0.3, 0.4) is 0 Å². The van der Waals surface area contributed by atoms with Crippen molar-refractivity contribution in [1.82, 2.24) is 0 Å². The van der Waals surface area contributed by atoms with Crippen LogP contribution in [0, 0.1) is 55.6 Å². The third-order valence-electron chi connectivity index (χ3n) is 4.97. The Kier molecular flexibility index (Phi) is 11.3. The van der Waals surface area contributed by atoms with Crippen LogP contribution in [0.5, 0.6) is 0 Å². The zero-order chi connectivity index (χ0) is 22.4. The molecule has 0 unspecified atom stereocenters. The molecule has 2 aromatic rings. The molecular weight excluding hydrogens is 512 g/mol. The van der Waals surface area contributed by atoms with Crippen molar-refractivity contribution in [1.29, 1.82) is 0 Å². The molecule has 1 fully saturated rings.